The van der Waals surface area contributed by atoms with Gasteiger partial charge in [0, 0.05) is 12.1 Å². The Morgan fingerprint density at radius 2 is 2.15 bits per heavy atom. The Morgan fingerprint density at radius 3 is 2.70 bits per heavy atom. The van der Waals surface area contributed by atoms with Crippen molar-refractivity contribution in [2.75, 3.05) is 6.54 Å². The van der Waals surface area contributed by atoms with E-state index in [2.05, 4.69) is 10.1 Å². The van der Waals surface area contributed by atoms with E-state index in [4.69, 9.17) is 9.26 Å². The molecule has 0 bridgehead atoms. The fraction of sp³-hybridized carbons (Fsp3) is 0.733. The Kier molecular flexibility index (Phi) is 4.18. The highest BCUT2D eigenvalue weighted by atomic mass is 16.6. The van der Waals surface area contributed by atoms with Gasteiger partial charge in [0.05, 0.1) is 5.69 Å². The minimum Gasteiger partial charge on any atom is -0.459 e. The van der Waals surface area contributed by atoms with Crippen molar-refractivity contribution in [3.05, 3.63) is 17.0 Å². The monoisotopic (exact) mass is 280 g/mol. The second-order valence-electron chi connectivity index (χ2n) is 6.46. The van der Waals surface area contributed by atoms with Gasteiger partial charge in [-0.05, 0) is 54.0 Å². The third-order valence-electron chi connectivity index (χ3n) is 3.58. The molecule has 1 aliphatic rings. The van der Waals surface area contributed by atoms with Crippen LogP contribution < -0.4 is 0 Å². The molecule has 0 N–H and O–H groups in total. The molecule has 2 rings (SSSR count). The van der Waals surface area contributed by atoms with E-state index in [-0.39, 0.29) is 12.0 Å². The van der Waals surface area contributed by atoms with Gasteiger partial charge in [-0.2, -0.15) is 0 Å². The number of nitrogens with zero attached hydrogens (tertiary/aromatic N) is 2. The maximum Gasteiger partial charge on any atom is 0.323 e. The number of hydrogen-bond acceptors (Lipinski definition) is 5. The first-order valence-electron chi connectivity index (χ1n) is 7.16. The molecule has 20 heavy (non-hydrogen) atoms. The summed E-state index contributed by atoms with van der Waals surface area (Å²) in [6, 6.07) is -0.150. The molecule has 5 nitrogen and oxygen atoms in total. The fourth-order valence-corrected chi connectivity index (χ4v) is 2.58. The summed E-state index contributed by atoms with van der Waals surface area (Å²) in [7, 11) is 0. The number of aryl methyl sites for hydroxylation is 2. The molecule has 2 heterocycles. The van der Waals surface area contributed by atoms with Crippen molar-refractivity contribution in [2.45, 2.75) is 65.6 Å². The van der Waals surface area contributed by atoms with Gasteiger partial charge >= 0.3 is 5.97 Å². The number of carbonyl (C=O) groups is 1. The van der Waals surface area contributed by atoms with E-state index in [0.29, 0.717) is 6.54 Å². The van der Waals surface area contributed by atoms with Gasteiger partial charge in [-0.3, -0.25) is 9.69 Å². The molecule has 0 aromatic carbocycles. The first kappa shape index (κ1) is 15.0. The van der Waals surface area contributed by atoms with Crippen molar-refractivity contribution in [3.63, 3.8) is 0 Å². The number of carbonyl (C=O) groups excluding carboxylic acids is 1. The lowest BCUT2D eigenvalue weighted by atomic mass is 10.1. The normalized spacial score (nSPS) is 20.4. The maximum absolute atomic E-state index is 12.3. The van der Waals surface area contributed by atoms with Crippen LogP contribution in [0.5, 0.6) is 0 Å². The SMILES string of the molecule is Cc1noc(C)c1CN1CCC[C@H]1C(=O)OC(C)(C)C. The predicted molar refractivity (Wildman–Crippen MR) is 75.3 cm³/mol. The van der Waals surface area contributed by atoms with Crippen molar-refractivity contribution in [2.24, 2.45) is 0 Å². The van der Waals surface area contributed by atoms with Gasteiger partial charge in [0.25, 0.3) is 0 Å². The molecule has 0 amide bonds. The van der Waals surface area contributed by atoms with Crippen LogP contribution in [0, 0.1) is 13.8 Å². The third-order valence-corrected chi connectivity index (χ3v) is 3.58. The molecule has 1 aromatic heterocycles. The Balaban J connectivity index is 2.06. The Labute approximate surface area is 120 Å². The smallest absolute Gasteiger partial charge is 0.323 e. The second kappa shape index (κ2) is 5.56. The van der Waals surface area contributed by atoms with E-state index in [0.717, 1.165) is 36.4 Å². The van der Waals surface area contributed by atoms with Crippen LogP contribution in [0.4, 0.5) is 0 Å². The van der Waals surface area contributed by atoms with E-state index in [1.807, 2.05) is 34.6 Å². The predicted octanol–water partition coefficient (Wildman–Crippen LogP) is 2.60. The molecule has 112 valence electrons. The van der Waals surface area contributed by atoms with Crippen molar-refractivity contribution in [1.29, 1.82) is 0 Å². The number of rotatable bonds is 3. The summed E-state index contributed by atoms with van der Waals surface area (Å²) in [5.74, 6) is 0.707. The molecular weight excluding hydrogens is 256 g/mol. The number of likely N-dealkylation sites (tertiary alicyclic amines) is 1. The van der Waals surface area contributed by atoms with Crippen LogP contribution in [0.2, 0.25) is 0 Å². The molecule has 1 aliphatic heterocycles. The minimum atomic E-state index is -0.436. The standard InChI is InChI=1S/C15H24N2O3/c1-10-12(11(2)20-16-10)9-17-8-6-7-13(17)14(18)19-15(3,4)5/h13H,6-9H2,1-5H3/t13-/m0/s1. The molecule has 0 aliphatic carbocycles. The Morgan fingerprint density at radius 1 is 1.45 bits per heavy atom. The van der Waals surface area contributed by atoms with Gasteiger partial charge in [-0.1, -0.05) is 5.16 Å². The minimum absolute atomic E-state index is 0.123. The third kappa shape index (κ3) is 3.39. The van der Waals surface area contributed by atoms with Crippen LogP contribution in [0.1, 0.15) is 50.6 Å². The van der Waals surface area contributed by atoms with Gasteiger partial charge in [-0.15, -0.1) is 0 Å². The topological polar surface area (TPSA) is 55.6 Å². The van der Waals surface area contributed by atoms with Gasteiger partial charge in [-0.25, -0.2) is 0 Å². The Hall–Kier alpha value is -1.36. The molecule has 1 aromatic rings. The highest BCUT2D eigenvalue weighted by Crippen LogP contribution is 2.25. The fourth-order valence-electron chi connectivity index (χ4n) is 2.58. The van der Waals surface area contributed by atoms with Gasteiger partial charge in [0.15, 0.2) is 0 Å². The van der Waals surface area contributed by atoms with Crippen LogP contribution in [0.3, 0.4) is 0 Å². The molecular formula is C15H24N2O3. The zero-order chi connectivity index (χ0) is 14.9. The van der Waals surface area contributed by atoms with Crippen LogP contribution in [-0.4, -0.2) is 34.2 Å². The summed E-state index contributed by atoms with van der Waals surface area (Å²) in [5, 5.41) is 3.97. The van der Waals surface area contributed by atoms with Crippen molar-refractivity contribution in [3.8, 4) is 0 Å². The summed E-state index contributed by atoms with van der Waals surface area (Å²) in [6.07, 6.45) is 1.88. The average Bonchev–Trinajstić information content (AvgIpc) is 2.89. The highest BCUT2D eigenvalue weighted by molar-refractivity contribution is 5.76. The van der Waals surface area contributed by atoms with E-state index in [1.54, 1.807) is 0 Å². The van der Waals surface area contributed by atoms with Crippen molar-refractivity contribution < 1.29 is 14.1 Å². The van der Waals surface area contributed by atoms with Crippen molar-refractivity contribution >= 4 is 5.97 Å². The lowest BCUT2D eigenvalue weighted by molar-refractivity contribution is -0.160. The van der Waals surface area contributed by atoms with Gasteiger partial charge < -0.3 is 9.26 Å². The van der Waals surface area contributed by atoms with E-state index >= 15 is 0 Å². The number of hydrogen-bond donors (Lipinski definition) is 0. The summed E-state index contributed by atoms with van der Waals surface area (Å²) in [6.45, 7) is 11.2. The molecule has 1 atom stereocenters. The molecule has 5 heteroatoms. The second-order valence-corrected chi connectivity index (χ2v) is 6.46. The average molecular weight is 280 g/mol. The van der Waals surface area contributed by atoms with Crippen LogP contribution in [-0.2, 0) is 16.1 Å². The van der Waals surface area contributed by atoms with Crippen molar-refractivity contribution in [1.82, 2.24) is 10.1 Å². The molecule has 0 spiro atoms. The number of aromatic nitrogens is 1. The van der Waals surface area contributed by atoms with Gasteiger partial charge in [0.2, 0.25) is 0 Å². The summed E-state index contributed by atoms with van der Waals surface area (Å²) >= 11 is 0. The zero-order valence-corrected chi connectivity index (χ0v) is 13.0. The summed E-state index contributed by atoms with van der Waals surface area (Å²) in [4.78, 5) is 14.4. The number of ether oxygens (including phenoxy) is 1. The summed E-state index contributed by atoms with van der Waals surface area (Å²) < 4.78 is 10.7. The Bertz CT molecular complexity index is 468. The van der Waals surface area contributed by atoms with Gasteiger partial charge in [0.1, 0.15) is 17.4 Å². The largest absolute Gasteiger partial charge is 0.459 e. The van der Waals surface area contributed by atoms with Crippen LogP contribution >= 0.6 is 0 Å². The maximum atomic E-state index is 12.3. The summed E-state index contributed by atoms with van der Waals surface area (Å²) in [5.41, 5.74) is 1.55. The lowest BCUT2D eigenvalue weighted by Gasteiger charge is -2.27. The molecule has 0 radical (unpaired) electrons. The molecule has 1 fully saturated rings. The molecule has 0 unspecified atom stereocenters. The highest BCUT2D eigenvalue weighted by Gasteiger charge is 2.34. The van der Waals surface area contributed by atoms with E-state index in [1.165, 1.54) is 0 Å². The molecule has 1 saturated heterocycles. The lowest BCUT2D eigenvalue weighted by Crippen LogP contribution is -2.40. The first-order valence-corrected chi connectivity index (χ1v) is 7.16. The quantitative estimate of drug-likeness (QED) is 0.797. The molecule has 0 saturated carbocycles. The number of esters is 1. The van der Waals surface area contributed by atoms with E-state index in [9.17, 15) is 4.79 Å². The zero-order valence-electron chi connectivity index (χ0n) is 13.0. The van der Waals surface area contributed by atoms with Crippen LogP contribution in [0.15, 0.2) is 4.52 Å². The van der Waals surface area contributed by atoms with E-state index < -0.39 is 5.60 Å². The van der Waals surface area contributed by atoms with Crippen LogP contribution in [0.25, 0.3) is 0 Å². The first-order chi connectivity index (χ1) is 9.28.